The smallest absolute Gasteiger partial charge is 0.0812 e. The van der Waals surface area contributed by atoms with Gasteiger partial charge in [-0.15, -0.1) is 0 Å². The minimum absolute atomic E-state index is 0.234. The van der Waals surface area contributed by atoms with Crippen LogP contribution in [0.1, 0.15) is 0 Å². The van der Waals surface area contributed by atoms with Gasteiger partial charge in [0.15, 0.2) is 0 Å². The van der Waals surface area contributed by atoms with Gasteiger partial charge in [0.05, 0.1) is 33.4 Å². The van der Waals surface area contributed by atoms with E-state index in [0.717, 1.165) is 21.5 Å². The molecular weight excluding hydrogens is 350 g/mol. The van der Waals surface area contributed by atoms with Gasteiger partial charge in [-0.1, -0.05) is 23.2 Å². The van der Waals surface area contributed by atoms with Crippen LogP contribution in [-0.2, 0) is 0 Å². The van der Waals surface area contributed by atoms with Gasteiger partial charge >= 0.3 is 0 Å². The Balaban J connectivity index is 1.83. The molecule has 0 atom stereocenters. The highest BCUT2D eigenvalue weighted by molar-refractivity contribution is 8.00. The third-order valence-corrected chi connectivity index (χ3v) is 4.82. The van der Waals surface area contributed by atoms with E-state index in [1.165, 1.54) is 11.9 Å². The van der Waals surface area contributed by atoms with E-state index in [1.807, 2.05) is 18.2 Å². The largest absolute Gasteiger partial charge is 0.358 e. The number of aromatic amines is 1. The van der Waals surface area contributed by atoms with Crippen molar-refractivity contribution in [1.29, 1.82) is 0 Å². The molecule has 108 valence electrons. The molecule has 0 spiro atoms. The maximum Gasteiger partial charge on any atom is 0.0812 e. The van der Waals surface area contributed by atoms with Gasteiger partial charge in [0.25, 0.3) is 0 Å². The van der Waals surface area contributed by atoms with Gasteiger partial charge in [0.1, 0.15) is 0 Å². The monoisotopic (exact) mass is 358 g/mol. The summed E-state index contributed by atoms with van der Waals surface area (Å²) in [6.45, 7) is 0. The van der Waals surface area contributed by atoms with Gasteiger partial charge in [-0.05, 0) is 48.3 Å². The molecule has 0 bridgehead atoms. The summed E-state index contributed by atoms with van der Waals surface area (Å²) in [5.74, 6) is 0. The summed E-state index contributed by atoms with van der Waals surface area (Å²) in [5.41, 5.74) is 1.74. The van der Waals surface area contributed by atoms with Crippen LogP contribution in [0, 0.1) is 0 Å². The maximum atomic E-state index is 12.4. The van der Waals surface area contributed by atoms with Crippen molar-refractivity contribution < 1.29 is 3.89 Å². The molecule has 0 saturated heterocycles. The Bertz CT molecular complexity index is 774. The Hall–Kier alpha value is -1.01. The summed E-state index contributed by atoms with van der Waals surface area (Å²) in [6, 6.07) is 10.9. The highest BCUT2D eigenvalue weighted by Crippen LogP contribution is 2.36. The summed E-state index contributed by atoms with van der Waals surface area (Å²) in [4.78, 5) is 4.67. The molecule has 0 fully saturated rings. The second-order valence-corrected chi connectivity index (χ2v) is 6.55. The van der Waals surface area contributed by atoms with Gasteiger partial charge < -0.3 is 9.71 Å². The molecule has 3 rings (SSSR count). The van der Waals surface area contributed by atoms with Crippen LogP contribution in [0.2, 0.25) is 10.0 Å². The molecule has 0 unspecified atom stereocenters. The number of nitrogens with one attached hydrogen (secondary N) is 2. The number of anilines is 1. The molecular formula is C14H9Cl2FN2S2. The number of aromatic nitrogens is 1. The van der Waals surface area contributed by atoms with Crippen LogP contribution in [0.5, 0.6) is 0 Å². The number of H-pyrrole nitrogens is 1. The minimum atomic E-state index is 0.234. The third-order valence-electron chi connectivity index (χ3n) is 2.93. The van der Waals surface area contributed by atoms with Crippen LogP contribution in [0.4, 0.5) is 9.57 Å². The lowest BCUT2D eigenvalue weighted by atomic mass is 10.2. The molecule has 2 aromatic carbocycles. The lowest BCUT2D eigenvalue weighted by Gasteiger charge is -2.08. The molecule has 0 aliphatic carbocycles. The number of fused-ring (bicyclic) bond motifs is 1. The van der Waals surface area contributed by atoms with Crippen molar-refractivity contribution in [3.05, 3.63) is 52.6 Å². The van der Waals surface area contributed by atoms with Crippen molar-refractivity contribution in [3.8, 4) is 0 Å². The van der Waals surface area contributed by atoms with Crippen molar-refractivity contribution in [2.75, 3.05) is 4.72 Å². The van der Waals surface area contributed by atoms with Gasteiger partial charge in [-0.2, -0.15) is 3.89 Å². The normalized spacial score (nSPS) is 11.0. The van der Waals surface area contributed by atoms with Crippen molar-refractivity contribution in [2.45, 2.75) is 9.79 Å². The summed E-state index contributed by atoms with van der Waals surface area (Å²) < 4.78 is 15.6. The zero-order valence-corrected chi connectivity index (χ0v) is 13.6. The van der Waals surface area contributed by atoms with Crippen molar-refractivity contribution >= 4 is 63.9 Å². The fraction of sp³-hybridized carbons (Fsp3) is 0. The van der Waals surface area contributed by atoms with E-state index in [-0.39, 0.29) is 12.1 Å². The molecule has 0 radical (unpaired) electrons. The highest BCUT2D eigenvalue weighted by Gasteiger charge is 2.10. The Morgan fingerprint density at radius 1 is 0.952 bits per heavy atom. The Morgan fingerprint density at radius 3 is 2.38 bits per heavy atom. The predicted molar refractivity (Wildman–Crippen MR) is 91.2 cm³/mol. The molecule has 0 saturated carbocycles. The number of hydrogen-bond donors (Lipinski definition) is 2. The Kier molecular flexibility index (Phi) is 4.54. The average Bonchev–Trinajstić information content (AvgIpc) is 2.90. The lowest BCUT2D eigenvalue weighted by molar-refractivity contribution is 0.933. The fourth-order valence-corrected chi connectivity index (χ4v) is 3.39. The van der Waals surface area contributed by atoms with E-state index in [0.29, 0.717) is 14.9 Å². The number of rotatable bonds is 4. The molecule has 7 heteroatoms. The number of halogens is 3. The Labute approximate surface area is 139 Å². The highest BCUT2D eigenvalue weighted by atomic mass is 35.5. The van der Waals surface area contributed by atoms with E-state index in [9.17, 15) is 3.89 Å². The van der Waals surface area contributed by atoms with Crippen LogP contribution in [0.3, 0.4) is 0 Å². The standard InChI is InChI=1S/C14H9Cl2FN2S2/c15-10-5-6-12(14-13(10)11(16)7-18-14)19-21-9-3-1-8(20-17)2-4-9/h1-7,18-19H. The van der Waals surface area contributed by atoms with Crippen LogP contribution in [0.15, 0.2) is 52.4 Å². The van der Waals surface area contributed by atoms with Crippen molar-refractivity contribution in [1.82, 2.24) is 4.98 Å². The minimum Gasteiger partial charge on any atom is -0.358 e. The molecule has 0 amide bonds. The molecule has 0 aliphatic rings. The molecule has 1 heterocycles. The first kappa shape index (κ1) is 14.9. The number of benzene rings is 2. The van der Waals surface area contributed by atoms with Crippen molar-refractivity contribution in [3.63, 3.8) is 0 Å². The van der Waals surface area contributed by atoms with Gasteiger partial charge in [0, 0.05) is 21.4 Å². The average molecular weight is 359 g/mol. The van der Waals surface area contributed by atoms with E-state index < -0.39 is 0 Å². The maximum absolute atomic E-state index is 12.4. The molecule has 1 aromatic heterocycles. The third kappa shape index (κ3) is 3.11. The van der Waals surface area contributed by atoms with Crippen LogP contribution >= 0.6 is 47.3 Å². The second kappa shape index (κ2) is 6.40. The second-order valence-electron chi connectivity index (χ2n) is 4.23. The summed E-state index contributed by atoms with van der Waals surface area (Å²) >= 11 is 13.9. The summed E-state index contributed by atoms with van der Waals surface area (Å²) in [6.07, 6.45) is 1.71. The molecule has 2 nitrogen and oxygen atoms in total. The zero-order chi connectivity index (χ0) is 14.8. The number of hydrogen-bond acceptors (Lipinski definition) is 3. The van der Waals surface area contributed by atoms with E-state index in [4.69, 9.17) is 23.2 Å². The first-order valence-electron chi connectivity index (χ1n) is 5.95. The van der Waals surface area contributed by atoms with Crippen LogP contribution < -0.4 is 4.72 Å². The fourth-order valence-electron chi connectivity index (χ4n) is 1.93. The van der Waals surface area contributed by atoms with E-state index in [2.05, 4.69) is 9.71 Å². The van der Waals surface area contributed by atoms with Crippen LogP contribution in [0.25, 0.3) is 10.9 Å². The summed E-state index contributed by atoms with van der Waals surface area (Å²) in [7, 11) is 0. The lowest BCUT2D eigenvalue weighted by Crippen LogP contribution is -1.88. The van der Waals surface area contributed by atoms with Gasteiger partial charge in [0.2, 0.25) is 0 Å². The van der Waals surface area contributed by atoms with Crippen LogP contribution in [-0.4, -0.2) is 4.98 Å². The zero-order valence-electron chi connectivity index (χ0n) is 10.5. The Morgan fingerprint density at radius 2 is 1.67 bits per heavy atom. The molecule has 3 aromatic rings. The van der Waals surface area contributed by atoms with Crippen molar-refractivity contribution in [2.24, 2.45) is 0 Å². The van der Waals surface area contributed by atoms with E-state index >= 15 is 0 Å². The molecule has 0 aliphatic heterocycles. The van der Waals surface area contributed by atoms with Gasteiger partial charge in [-0.3, -0.25) is 0 Å². The first-order valence-corrected chi connectivity index (χ1v) is 8.24. The molecule has 21 heavy (non-hydrogen) atoms. The van der Waals surface area contributed by atoms with Gasteiger partial charge in [-0.25, -0.2) is 0 Å². The first-order chi connectivity index (χ1) is 10.2. The molecule has 2 N–H and O–H groups in total. The predicted octanol–water partition coefficient (Wildman–Crippen LogP) is 6.57. The van der Waals surface area contributed by atoms with E-state index in [1.54, 1.807) is 24.4 Å². The quantitative estimate of drug-likeness (QED) is 0.516. The SMILES string of the molecule is FSc1ccc(SNc2ccc(Cl)c3c(Cl)c[nH]c23)cc1. The summed E-state index contributed by atoms with van der Waals surface area (Å²) in [5, 5.41) is 2.00. The topological polar surface area (TPSA) is 27.8 Å².